The first-order chi connectivity index (χ1) is 5.99. The molecule has 0 aliphatic rings. The number of aliphatic hydroxyl groups is 1. The molecule has 0 atom stereocenters. The number of hydrogen-bond donors (Lipinski definition) is 1. The van der Waals surface area contributed by atoms with Crippen molar-refractivity contribution in [3.05, 3.63) is 17.3 Å². The van der Waals surface area contributed by atoms with E-state index in [1.165, 1.54) is 0 Å². The predicted octanol–water partition coefficient (Wildman–Crippen LogP) is 2.03. The molecule has 0 unspecified atom stereocenters. The molecule has 0 bridgehead atoms. The Kier molecular flexibility index (Phi) is 2.76. The Morgan fingerprint density at radius 3 is 2.31 bits per heavy atom. The van der Waals surface area contributed by atoms with E-state index >= 15 is 0 Å². The molecule has 0 spiro atoms. The molecule has 3 heteroatoms. The molecule has 1 rings (SSSR count). The van der Waals surface area contributed by atoms with Crippen LogP contribution in [0.4, 0.5) is 0 Å². The van der Waals surface area contributed by atoms with E-state index < -0.39 is 0 Å². The summed E-state index contributed by atoms with van der Waals surface area (Å²) in [4.78, 5) is 4.25. The molecule has 3 nitrogen and oxygen atoms in total. The SMILES string of the molecule is CCc1oc(CO)nc1C(C)(C)C. The number of nitrogens with zero attached hydrogens (tertiary/aromatic N) is 1. The van der Waals surface area contributed by atoms with Crippen molar-refractivity contribution in [3.8, 4) is 0 Å². The summed E-state index contributed by atoms with van der Waals surface area (Å²) in [5, 5.41) is 8.88. The number of rotatable bonds is 2. The van der Waals surface area contributed by atoms with Crippen LogP contribution in [0.3, 0.4) is 0 Å². The van der Waals surface area contributed by atoms with Crippen LogP contribution in [0, 0.1) is 0 Å². The van der Waals surface area contributed by atoms with Crippen molar-refractivity contribution < 1.29 is 9.52 Å². The Hall–Kier alpha value is -0.830. The van der Waals surface area contributed by atoms with Crippen molar-refractivity contribution >= 4 is 0 Å². The van der Waals surface area contributed by atoms with Gasteiger partial charge in [-0.25, -0.2) is 4.98 Å². The van der Waals surface area contributed by atoms with Crippen molar-refractivity contribution in [3.63, 3.8) is 0 Å². The lowest BCUT2D eigenvalue weighted by molar-refractivity contribution is 0.237. The smallest absolute Gasteiger partial charge is 0.220 e. The summed E-state index contributed by atoms with van der Waals surface area (Å²) < 4.78 is 5.38. The van der Waals surface area contributed by atoms with Crippen molar-refractivity contribution in [2.75, 3.05) is 0 Å². The number of aryl methyl sites for hydroxylation is 1. The first-order valence-electron chi connectivity index (χ1n) is 4.59. The van der Waals surface area contributed by atoms with Crippen LogP contribution < -0.4 is 0 Å². The van der Waals surface area contributed by atoms with Gasteiger partial charge in [0, 0.05) is 11.8 Å². The third kappa shape index (κ3) is 2.10. The van der Waals surface area contributed by atoms with Crippen molar-refractivity contribution in [2.24, 2.45) is 0 Å². The zero-order valence-corrected chi connectivity index (χ0v) is 8.72. The molecule has 0 saturated carbocycles. The second-order valence-electron chi connectivity index (χ2n) is 4.14. The van der Waals surface area contributed by atoms with E-state index in [2.05, 4.69) is 25.8 Å². The number of oxazole rings is 1. The van der Waals surface area contributed by atoms with Gasteiger partial charge in [0.2, 0.25) is 5.89 Å². The Labute approximate surface area is 78.8 Å². The fourth-order valence-electron chi connectivity index (χ4n) is 1.29. The molecular weight excluding hydrogens is 166 g/mol. The molecule has 0 aromatic carbocycles. The van der Waals surface area contributed by atoms with Crippen molar-refractivity contribution in [1.82, 2.24) is 4.98 Å². The van der Waals surface area contributed by atoms with Crippen LogP contribution in [-0.2, 0) is 18.4 Å². The Morgan fingerprint density at radius 2 is 2.00 bits per heavy atom. The van der Waals surface area contributed by atoms with E-state index in [1.54, 1.807) is 0 Å². The third-order valence-corrected chi connectivity index (χ3v) is 1.91. The maximum Gasteiger partial charge on any atom is 0.220 e. The number of aliphatic hydroxyl groups excluding tert-OH is 1. The van der Waals surface area contributed by atoms with Gasteiger partial charge in [-0.1, -0.05) is 27.7 Å². The highest BCUT2D eigenvalue weighted by Gasteiger charge is 2.23. The average molecular weight is 183 g/mol. The van der Waals surface area contributed by atoms with E-state index in [1.807, 2.05) is 6.92 Å². The first-order valence-corrected chi connectivity index (χ1v) is 4.59. The van der Waals surface area contributed by atoms with E-state index in [0.717, 1.165) is 17.9 Å². The fraction of sp³-hybridized carbons (Fsp3) is 0.700. The summed E-state index contributed by atoms with van der Waals surface area (Å²) in [6.45, 7) is 8.17. The van der Waals surface area contributed by atoms with E-state index in [4.69, 9.17) is 9.52 Å². The largest absolute Gasteiger partial charge is 0.443 e. The van der Waals surface area contributed by atoms with Crippen LogP contribution in [0.2, 0.25) is 0 Å². The van der Waals surface area contributed by atoms with Gasteiger partial charge in [-0.2, -0.15) is 0 Å². The molecule has 13 heavy (non-hydrogen) atoms. The molecule has 0 aliphatic carbocycles. The van der Waals surface area contributed by atoms with Gasteiger partial charge in [0.05, 0.1) is 5.69 Å². The normalized spacial score (nSPS) is 12.1. The Balaban J connectivity index is 3.11. The van der Waals surface area contributed by atoms with Crippen LogP contribution >= 0.6 is 0 Å². The number of aromatic nitrogens is 1. The van der Waals surface area contributed by atoms with Crippen molar-refractivity contribution in [2.45, 2.75) is 46.1 Å². The van der Waals surface area contributed by atoms with Gasteiger partial charge in [-0.15, -0.1) is 0 Å². The molecule has 1 aromatic heterocycles. The van der Waals surface area contributed by atoms with Crippen molar-refractivity contribution in [1.29, 1.82) is 0 Å². The molecule has 0 saturated heterocycles. The van der Waals surface area contributed by atoms with E-state index in [9.17, 15) is 0 Å². The molecule has 1 N–H and O–H groups in total. The Morgan fingerprint density at radius 1 is 1.38 bits per heavy atom. The summed E-state index contributed by atoms with van der Waals surface area (Å²) in [6, 6.07) is 0. The van der Waals surface area contributed by atoms with Crippen LogP contribution in [0.15, 0.2) is 4.42 Å². The molecule has 1 aromatic rings. The van der Waals surface area contributed by atoms with Crippen LogP contribution in [0.5, 0.6) is 0 Å². The standard InChI is InChI=1S/C10H17NO2/c1-5-7-9(10(2,3)4)11-8(6-12)13-7/h12H,5-6H2,1-4H3. The quantitative estimate of drug-likeness (QED) is 0.763. The topological polar surface area (TPSA) is 46.3 Å². The highest BCUT2D eigenvalue weighted by molar-refractivity contribution is 5.18. The highest BCUT2D eigenvalue weighted by Crippen LogP contribution is 2.26. The van der Waals surface area contributed by atoms with Gasteiger partial charge in [-0.05, 0) is 0 Å². The summed E-state index contributed by atoms with van der Waals surface area (Å²) in [6.07, 6.45) is 0.819. The number of hydrogen-bond acceptors (Lipinski definition) is 3. The van der Waals surface area contributed by atoms with Gasteiger partial charge in [0.1, 0.15) is 12.4 Å². The van der Waals surface area contributed by atoms with Gasteiger partial charge >= 0.3 is 0 Å². The minimum Gasteiger partial charge on any atom is -0.443 e. The van der Waals surface area contributed by atoms with Gasteiger partial charge in [0.15, 0.2) is 0 Å². The van der Waals surface area contributed by atoms with Crippen LogP contribution in [0.1, 0.15) is 45.0 Å². The monoisotopic (exact) mass is 183 g/mol. The second kappa shape index (κ2) is 3.50. The lowest BCUT2D eigenvalue weighted by Crippen LogP contribution is -2.14. The lowest BCUT2D eigenvalue weighted by atomic mass is 9.90. The molecule has 74 valence electrons. The highest BCUT2D eigenvalue weighted by atomic mass is 16.4. The van der Waals surface area contributed by atoms with E-state index in [0.29, 0.717) is 5.89 Å². The summed E-state index contributed by atoms with van der Waals surface area (Å²) >= 11 is 0. The second-order valence-corrected chi connectivity index (χ2v) is 4.14. The minimum atomic E-state index is -0.122. The molecule has 0 aliphatic heterocycles. The zero-order chi connectivity index (χ0) is 10.1. The molecule has 0 radical (unpaired) electrons. The zero-order valence-electron chi connectivity index (χ0n) is 8.72. The lowest BCUT2D eigenvalue weighted by Gasteiger charge is -2.15. The van der Waals surface area contributed by atoms with E-state index in [-0.39, 0.29) is 12.0 Å². The molecule has 0 amide bonds. The van der Waals surface area contributed by atoms with Crippen LogP contribution in [-0.4, -0.2) is 10.1 Å². The predicted molar refractivity (Wildman–Crippen MR) is 50.5 cm³/mol. The first kappa shape index (κ1) is 10.3. The average Bonchev–Trinajstić information content (AvgIpc) is 2.46. The molecule has 1 heterocycles. The summed E-state index contributed by atoms with van der Waals surface area (Å²) in [5.41, 5.74) is 0.946. The molecular formula is C10H17NO2. The summed E-state index contributed by atoms with van der Waals surface area (Å²) in [7, 11) is 0. The van der Waals surface area contributed by atoms with Gasteiger partial charge < -0.3 is 9.52 Å². The minimum absolute atomic E-state index is 0.0116. The van der Waals surface area contributed by atoms with Gasteiger partial charge in [0.25, 0.3) is 0 Å². The third-order valence-electron chi connectivity index (χ3n) is 1.91. The maximum absolute atomic E-state index is 8.88. The Bertz CT molecular complexity index is 284. The fourth-order valence-corrected chi connectivity index (χ4v) is 1.29. The van der Waals surface area contributed by atoms with Gasteiger partial charge in [-0.3, -0.25) is 0 Å². The van der Waals surface area contributed by atoms with Crippen LogP contribution in [0.25, 0.3) is 0 Å². The maximum atomic E-state index is 8.88. The summed E-state index contributed by atoms with van der Waals surface area (Å²) in [5.74, 6) is 1.30. The molecule has 0 fully saturated rings.